The van der Waals surface area contributed by atoms with Crippen molar-refractivity contribution in [3.05, 3.63) is 67.3 Å². The maximum absolute atomic E-state index is 11.9. The Morgan fingerprint density at radius 3 is 2.83 bits per heavy atom. The fourth-order valence-electron chi connectivity index (χ4n) is 2.07. The number of carbonyl (C=O) groups is 1. The summed E-state index contributed by atoms with van der Waals surface area (Å²) in [5.74, 6) is 0.222. The van der Waals surface area contributed by atoms with E-state index in [4.69, 9.17) is 19.0 Å². The molecule has 1 atom stereocenters. The summed E-state index contributed by atoms with van der Waals surface area (Å²) in [7, 11) is 0. The number of carbonyl (C=O) groups excluding carboxylic acids is 1. The van der Waals surface area contributed by atoms with E-state index in [9.17, 15) is 4.79 Å². The molecule has 2 aromatic rings. The molecule has 0 fully saturated rings. The summed E-state index contributed by atoms with van der Waals surface area (Å²) in [6.07, 6.45) is 8.33. The van der Waals surface area contributed by atoms with Crippen molar-refractivity contribution < 1.29 is 23.8 Å². The highest BCUT2D eigenvalue weighted by atomic mass is 16.6. The lowest BCUT2D eigenvalue weighted by Crippen LogP contribution is -2.24. The predicted octanol–water partition coefficient (Wildman–Crippen LogP) is 3.56. The summed E-state index contributed by atoms with van der Waals surface area (Å²) in [5.41, 5.74) is 1.53. The number of rotatable bonds is 11. The standard InChI is InChI=1S/C21H23N3O5/c1-4-17(29-16(3)21(25)27-13-14-28-23-5-2)9-8-12-26-20-15-22-18-10-6-7-11-19(18)24-20/h4-12,15-16H,1,13-14H2,2-3H3/t16-/m1/s1. The van der Waals surface area contributed by atoms with Gasteiger partial charge in [0.05, 0.1) is 23.5 Å². The highest BCUT2D eigenvalue weighted by molar-refractivity contribution is 5.74. The number of para-hydroxylation sites is 2. The van der Waals surface area contributed by atoms with Gasteiger partial charge in [-0.1, -0.05) is 23.9 Å². The van der Waals surface area contributed by atoms with Crippen LogP contribution in [0.5, 0.6) is 5.88 Å². The lowest BCUT2D eigenvalue weighted by molar-refractivity contribution is -0.154. The molecule has 0 saturated carbocycles. The second kappa shape index (κ2) is 11.9. The van der Waals surface area contributed by atoms with Crippen molar-refractivity contribution in [3.63, 3.8) is 0 Å². The Hall–Kier alpha value is -3.68. The zero-order valence-electron chi connectivity index (χ0n) is 16.4. The first-order valence-corrected chi connectivity index (χ1v) is 8.95. The molecule has 152 valence electrons. The van der Waals surface area contributed by atoms with Crippen LogP contribution >= 0.6 is 0 Å². The fraction of sp³-hybridized carbons (Fsp3) is 0.238. The third-order valence-electron chi connectivity index (χ3n) is 3.40. The number of esters is 1. The van der Waals surface area contributed by atoms with Crippen LogP contribution in [0.3, 0.4) is 0 Å². The highest BCUT2D eigenvalue weighted by Crippen LogP contribution is 2.13. The first-order chi connectivity index (χ1) is 14.1. The van der Waals surface area contributed by atoms with Crippen LogP contribution < -0.4 is 4.74 Å². The van der Waals surface area contributed by atoms with E-state index in [0.717, 1.165) is 11.0 Å². The molecule has 0 spiro atoms. The molecule has 0 aliphatic heterocycles. The third-order valence-corrected chi connectivity index (χ3v) is 3.40. The second-order valence-corrected chi connectivity index (χ2v) is 5.54. The molecular weight excluding hydrogens is 374 g/mol. The van der Waals surface area contributed by atoms with E-state index < -0.39 is 12.1 Å². The van der Waals surface area contributed by atoms with Crippen molar-refractivity contribution in [1.82, 2.24) is 9.97 Å². The summed E-state index contributed by atoms with van der Waals surface area (Å²) in [6, 6.07) is 7.50. The number of nitrogens with zero attached hydrogens (tertiary/aromatic N) is 3. The van der Waals surface area contributed by atoms with E-state index in [1.165, 1.54) is 24.7 Å². The number of hydrogen-bond acceptors (Lipinski definition) is 8. The number of allylic oxidation sites excluding steroid dienone is 3. The Labute approximate surface area is 169 Å². The molecule has 0 N–H and O–H groups in total. The molecule has 29 heavy (non-hydrogen) atoms. The number of fused-ring (bicyclic) bond motifs is 1. The van der Waals surface area contributed by atoms with Gasteiger partial charge in [-0.15, -0.1) is 0 Å². The van der Waals surface area contributed by atoms with Gasteiger partial charge in [0, 0.05) is 6.21 Å². The largest absolute Gasteiger partial charge is 0.479 e. The van der Waals surface area contributed by atoms with Crippen LogP contribution in [0.25, 0.3) is 11.0 Å². The van der Waals surface area contributed by atoms with Gasteiger partial charge in [0.15, 0.2) is 12.7 Å². The average molecular weight is 397 g/mol. The van der Waals surface area contributed by atoms with Crippen LogP contribution in [0.1, 0.15) is 13.8 Å². The molecule has 0 radical (unpaired) electrons. The van der Waals surface area contributed by atoms with E-state index in [1.807, 2.05) is 24.3 Å². The van der Waals surface area contributed by atoms with E-state index in [0.29, 0.717) is 11.6 Å². The van der Waals surface area contributed by atoms with E-state index in [-0.39, 0.29) is 13.2 Å². The van der Waals surface area contributed by atoms with Crippen LogP contribution in [-0.4, -0.2) is 41.5 Å². The molecule has 0 saturated heterocycles. The summed E-state index contributed by atoms with van der Waals surface area (Å²) >= 11 is 0. The van der Waals surface area contributed by atoms with Crippen molar-refractivity contribution in [3.8, 4) is 5.88 Å². The zero-order valence-corrected chi connectivity index (χ0v) is 16.4. The molecular formula is C21H23N3O5. The van der Waals surface area contributed by atoms with Crippen molar-refractivity contribution in [2.45, 2.75) is 20.0 Å². The Kier molecular flexibility index (Phi) is 8.88. The van der Waals surface area contributed by atoms with E-state index in [2.05, 4.69) is 21.7 Å². The molecule has 8 heteroatoms. The number of hydrogen-bond donors (Lipinski definition) is 0. The predicted molar refractivity (Wildman–Crippen MR) is 109 cm³/mol. The Morgan fingerprint density at radius 2 is 2.07 bits per heavy atom. The van der Waals surface area contributed by atoms with Gasteiger partial charge in [-0.05, 0) is 44.2 Å². The van der Waals surface area contributed by atoms with Gasteiger partial charge in [0.1, 0.15) is 12.4 Å². The minimum absolute atomic E-state index is 0.0809. The average Bonchev–Trinajstić information content (AvgIpc) is 2.75. The molecule has 0 amide bonds. The molecule has 0 bridgehead atoms. The van der Waals surface area contributed by atoms with Crippen molar-refractivity contribution in [2.75, 3.05) is 13.2 Å². The van der Waals surface area contributed by atoms with Crippen molar-refractivity contribution >= 4 is 23.2 Å². The molecule has 0 unspecified atom stereocenters. The number of aromatic nitrogens is 2. The first kappa shape index (κ1) is 21.6. The van der Waals surface area contributed by atoms with Crippen LogP contribution in [-0.2, 0) is 19.1 Å². The molecule has 0 aliphatic carbocycles. The molecule has 1 aromatic carbocycles. The summed E-state index contributed by atoms with van der Waals surface area (Å²) in [5, 5.41) is 3.56. The summed E-state index contributed by atoms with van der Waals surface area (Å²) in [6.45, 7) is 7.22. The van der Waals surface area contributed by atoms with Crippen LogP contribution in [0.2, 0.25) is 0 Å². The molecule has 1 aromatic heterocycles. The summed E-state index contributed by atoms with van der Waals surface area (Å²) < 4.78 is 16.0. The lowest BCUT2D eigenvalue weighted by Gasteiger charge is -2.14. The lowest BCUT2D eigenvalue weighted by atomic mass is 10.3. The van der Waals surface area contributed by atoms with Gasteiger partial charge >= 0.3 is 5.97 Å². The fourth-order valence-corrected chi connectivity index (χ4v) is 2.07. The smallest absolute Gasteiger partial charge is 0.347 e. The number of ether oxygens (including phenoxy) is 3. The maximum atomic E-state index is 11.9. The van der Waals surface area contributed by atoms with E-state index in [1.54, 1.807) is 26.0 Å². The Balaban J connectivity index is 1.83. The first-order valence-electron chi connectivity index (χ1n) is 8.95. The van der Waals surface area contributed by atoms with Crippen LogP contribution in [0.4, 0.5) is 0 Å². The Bertz CT molecular complexity index is 908. The SMILES string of the molecule is C=CC(=CC=COc1cnc2ccccc2n1)O[C@H](C)C(=O)OCCON=CC. The minimum Gasteiger partial charge on any atom is -0.479 e. The monoisotopic (exact) mass is 397 g/mol. The number of benzene rings is 1. The van der Waals surface area contributed by atoms with E-state index >= 15 is 0 Å². The van der Waals surface area contributed by atoms with Crippen molar-refractivity contribution in [1.29, 1.82) is 0 Å². The number of oxime groups is 1. The second-order valence-electron chi connectivity index (χ2n) is 5.54. The maximum Gasteiger partial charge on any atom is 0.347 e. The molecule has 8 nitrogen and oxygen atoms in total. The zero-order chi connectivity index (χ0) is 20.9. The van der Waals surface area contributed by atoms with Gasteiger partial charge in [0.25, 0.3) is 0 Å². The van der Waals surface area contributed by atoms with Gasteiger partial charge in [-0.25, -0.2) is 14.8 Å². The van der Waals surface area contributed by atoms with Crippen molar-refractivity contribution in [2.24, 2.45) is 5.16 Å². The molecule has 0 aliphatic rings. The third kappa shape index (κ3) is 7.45. The highest BCUT2D eigenvalue weighted by Gasteiger charge is 2.16. The van der Waals surface area contributed by atoms with Gasteiger partial charge in [-0.3, -0.25) is 0 Å². The summed E-state index contributed by atoms with van der Waals surface area (Å²) in [4.78, 5) is 25.3. The minimum atomic E-state index is -0.811. The van der Waals surface area contributed by atoms with Crippen LogP contribution in [0, 0.1) is 0 Å². The van der Waals surface area contributed by atoms with Gasteiger partial charge in [-0.2, -0.15) is 0 Å². The molecule has 2 rings (SSSR count). The Morgan fingerprint density at radius 1 is 1.28 bits per heavy atom. The normalized spacial score (nSPS) is 12.8. The molecule has 1 heterocycles. The van der Waals surface area contributed by atoms with Gasteiger partial charge < -0.3 is 19.0 Å². The quantitative estimate of drug-likeness (QED) is 0.143. The van der Waals surface area contributed by atoms with Crippen LogP contribution in [0.15, 0.2) is 72.4 Å². The topological polar surface area (TPSA) is 92.1 Å². The van der Waals surface area contributed by atoms with Gasteiger partial charge in [0.2, 0.25) is 5.88 Å².